The number of benzene rings is 2. The molecular weight excluding hydrogens is 462 g/mol. The molecule has 0 amide bonds. The lowest BCUT2D eigenvalue weighted by Crippen LogP contribution is -2.30. The van der Waals surface area contributed by atoms with Crippen LogP contribution in [0.25, 0.3) is 0 Å². The number of hydrogen-bond acceptors (Lipinski definition) is 4. The molecule has 0 saturated heterocycles. The second-order valence-corrected chi connectivity index (χ2v) is 8.39. The molecule has 0 aliphatic rings. The Bertz CT molecular complexity index is 839. The van der Waals surface area contributed by atoms with E-state index in [-0.39, 0.29) is 11.3 Å². The minimum atomic E-state index is -3.82. The summed E-state index contributed by atoms with van der Waals surface area (Å²) in [7, 11) is -2.56. The van der Waals surface area contributed by atoms with Gasteiger partial charge in [-0.25, -0.2) is 13.1 Å². The summed E-state index contributed by atoms with van der Waals surface area (Å²) < 4.78 is 33.9. The summed E-state index contributed by atoms with van der Waals surface area (Å²) in [4.78, 5) is 11.8. The van der Waals surface area contributed by atoms with E-state index in [9.17, 15) is 13.2 Å². The summed E-state index contributed by atoms with van der Waals surface area (Å²) in [6, 6.07) is 12.9. The van der Waals surface area contributed by atoms with Crippen LogP contribution < -0.4 is 4.72 Å². The lowest BCUT2D eigenvalue weighted by molar-refractivity contribution is -0.141. The molecule has 5 nitrogen and oxygen atoms in total. The molecular formula is C16H15Br2NO4S. The van der Waals surface area contributed by atoms with E-state index < -0.39 is 22.0 Å². The van der Waals surface area contributed by atoms with Gasteiger partial charge in [0.25, 0.3) is 0 Å². The van der Waals surface area contributed by atoms with Gasteiger partial charge in [-0.3, -0.25) is 4.79 Å². The van der Waals surface area contributed by atoms with E-state index in [1.807, 2.05) is 6.07 Å². The number of carbonyl (C=O) groups excluding carboxylic acids is 1. The van der Waals surface area contributed by atoms with Crippen LogP contribution in [0, 0.1) is 0 Å². The Morgan fingerprint density at radius 2 is 1.88 bits per heavy atom. The lowest BCUT2D eigenvalue weighted by Gasteiger charge is -2.19. The van der Waals surface area contributed by atoms with Crippen LogP contribution in [0.4, 0.5) is 0 Å². The third-order valence-electron chi connectivity index (χ3n) is 3.27. The van der Waals surface area contributed by atoms with Crippen molar-refractivity contribution in [3.8, 4) is 0 Å². The SMILES string of the molecule is COC(=O)CC(NS(=O)(=O)c1ccccc1Br)c1cccc(Br)c1. The predicted molar refractivity (Wildman–Crippen MR) is 98.0 cm³/mol. The van der Waals surface area contributed by atoms with Crippen molar-refractivity contribution in [2.75, 3.05) is 7.11 Å². The Balaban J connectivity index is 2.38. The molecule has 0 radical (unpaired) electrons. The number of hydrogen-bond donors (Lipinski definition) is 1. The number of sulfonamides is 1. The lowest BCUT2D eigenvalue weighted by atomic mass is 10.1. The molecule has 8 heteroatoms. The minimum Gasteiger partial charge on any atom is -0.469 e. The maximum absolute atomic E-state index is 12.7. The molecule has 0 aromatic heterocycles. The number of rotatable bonds is 6. The Labute approximate surface area is 157 Å². The molecule has 0 bridgehead atoms. The average molecular weight is 477 g/mol. The normalized spacial score (nSPS) is 12.6. The van der Waals surface area contributed by atoms with Crippen molar-refractivity contribution in [1.82, 2.24) is 4.72 Å². The number of carbonyl (C=O) groups is 1. The van der Waals surface area contributed by atoms with Gasteiger partial charge in [-0.15, -0.1) is 0 Å². The van der Waals surface area contributed by atoms with Crippen molar-refractivity contribution in [3.05, 3.63) is 63.0 Å². The first-order valence-corrected chi connectivity index (χ1v) is 9.99. The molecule has 24 heavy (non-hydrogen) atoms. The smallest absolute Gasteiger partial charge is 0.307 e. The van der Waals surface area contributed by atoms with Crippen molar-refractivity contribution in [3.63, 3.8) is 0 Å². The van der Waals surface area contributed by atoms with Crippen molar-refractivity contribution >= 4 is 47.9 Å². The largest absolute Gasteiger partial charge is 0.469 e. The number of nitrogens with one attached hydrogen (secondary N) is 1. The number of halogens is 2. The number of ether oxygens (including phenoxy) is 1. The van der Waals surface area contributed by atoms with Gasteiger partial charge in [0.15, 0.2) is 0 Å². The van der Waals surface area contributed by atoms with Crippen LogP contribution in [0.5, 0.6) is 0 Å². The van der Waals surface area contributed by atoms with Gasteiger partial charge in [0.2, 0.25) is 10.0 Å². The fourth-order valence-corrected chi connectivity index (χ4v) is 4.76. The van der Waals surface area contributed by atoms with Gasteiger partial charge in [-0.1, -0.05) is 40.2 Å². The van der Waals surface area contributed by atoms with Crippen LogP contribution in [-0.2, 0) is 19.6 Å². The van der Waals surface area contributed by atoms with Gasteiger partial charge in [-0.2, -0.15) is 0 Å². The summed E-state index contributed by atoms with van der Waals surface area (Å²) in [5, 5.41) is 0. The van der Waals surface area contributed by atoms with Gasteiger partial charge in [0, 0.05) is 8.95 Å². The van der Waals surface area contributed by atoms with E-state index in [2.05, 4.69) is 41.3 Å². The van der Waals surface area contributed by atoms with E-state index in [0.717, 1.165) is 4.47 Å². The second kappa shape index (κ2) is 8.24. The van der Waals surface area contributed by atoms with Gasteiger partial charge in [-0.05, 0) is 45.8 Å². The first-order valence-electron chi connectivity index (χ1n) is 6.92. The van der Waals surface area contributed by atoms with Gasteiger partial charge in [0.1, 0.15) is 0 Å². The second-order valence-electron chi connectivity index (χ2n) is 4.94. The zero-order valence-electron chi connectivity index (χ0n) is 12.7. The monoisotopic (exact) mass is 475 g/mol. The zero-order valence-corrected chi connectivity index (χ0v) is 16.7. The first-order chi connectivity index (χ1) is 11.3. The quantitative estimate of drug-likeness (QED) is 0.643. The maximum atomic E-state index is 12.7. The van der Waals surface area contributed by atoms with Crippen molar-refractivity contribution in [1.29, 1.82) is 0 Å². The molecule has 1 atom stereocenters. The van der Waals surface area contributed by atoms with Gasteiger partial charge >= 0.3 is 5.97 Å². The molecule has 0 fully saturated rings. The Hall–Kier alpha value is -1.22. The molecule has 1 N–H and O–H groups in total. The van der Waals surface area contributed by atoms with Crippen LogP contribution in [0.2, 0.25) is 0 Å². The fourth-order valence-electron chi connectivity index (χ4n) is 2.11. The van der Waals surface area contributed by atoms with E-state index in [1.165, 1.54) is 13.2 Å². The number of esters is 1. The molecule has 0 aliphatic carbocycles. The highest BCUT2D eigenvalue weighted by molar-refractivity contribution is 9.10. The molecule has 128 valence electrons. The fraction of sp³-hybridized carbons (Fsp3) is 0.188. The summed E-state index contributed by atoms with van der Waals surface area (Å²) in [5.41, 5.74) is 0.658. The highest BCUT2D eigenvalue weighted by atomic mass is 79.9. The van der Waals surface area contributed by atoms with E-state index in [1.54, 1.807) is 36.4 Å². The Kier molecular flexibility index (Phi) is 6.56. The molecule has 2 rings (SSSR count). The molecule has 0 saturated carbocycles. The standard InChI is InChI=1S/C16H15Br2NO4S/c1-23-16(20)10-14(11-5-4-6-12(17)9-11)19-24(21,22)15-8-3-2-7-13(15)18/h2-9,14,19H,10H2,1H3. The molecule has 2 aromatic carbocycles. The summed E-state index contributed by atoms with van der Waals surface area (Å²) in [6.45, 7) is 0. The topological polar surface area (TPSA) is 72.5 Å². The molecule has 0 spiro atoms. The third kappa shape index (κ3) is 4.89. The van der Waals surface area contributed by atoms with Crippen LogP contribution in [0.3, 0.4) is 0 Å². The van der Waals surface area contributed by atoms with Crippen molar-refractivity contribution < 1.29 is 17.9 Å². The predicted octanol–water partition coefficient (Wildman–Crippen LogP) is 3.79. The molecule has 0 aliphatic heterocycles. The first kappa shape index (κ1) is 19.1. The van der Waals surface area contributed by atoms with Crippen LogP contribution >= 0.6 is 31.9 Å². The average Bonchev–Trinajstić information content (AvgIpc) is 2.54. The molecule has 0 heterocycles. The minimum absolute atomic E-state index is 0.106. The van der Waals surface area contributed by atoms with E-state index in [4.69, 9.17) is 0 Å². The van der Waals surface area contributed by atoms with Crippen molar-refractivity contribution in [2.45, 2.75) is 17.4 Å². The Morgan fingerprint density at radius 1 is 1.17 bits per heavy atom. The highest BCUT2D eigenvalue weighted by Gasteiger charge is 2.25. The van der Waals surface area contributed by atoms with Crippen LogP contribution in [0.1, 0.15) is 18.0 Å². The van der Waals surface area contributed by atoms with Crippen LogP contribution in [0.15, 0.2) is 62.4 Å². The maximum Gasteiger partial charge on any atom is 0.307 e. The van der Waals surface area contributed by atoms with E-state index in [0.29, 0.717) is 10.0 Å². The number of methoxy groups -OCH3 is 1. The molecule has 2 aromatic rings. The summed E-state index contributed by atoms with van der Waals surface area (Å²) in [6.07, 6.45) is -0.114. The van der Waals surface area contributed by atoms with Crippen molar-refractivity contribution in [2.24, 2.45) is 0 Å². The zero-order chi connectivity index (χ0) is 17.7. The van der Waals surface area contributed by atoms with E-state index >= 15 is 0 Å². The van der Waals surface area contributed by atoms with Crippen LogP contribution in [-0.4, -0.2) is 21.5 Å². The Morgan fingerprint density at radius 3 is 2.50 bits per heavy atom. The van der Waals surface area contributed by atoms with Gasteiger partial charge in [0.05, 0.1) is 24.5 Å². The molecule has 1 unspecified atom stereocenters. The third-order valence-corrected chi connectivity index (χ3v) is 6.25. The summed E-state index contributed by atoms with van der Waals surface area (Å²) in [5.74, 6) is -0.505. The summed E-state index contributed by atoms with van der Waals surface area (Å²) >= 11 is 6.59. The highest BCUT2D eigenvalue weighted by Crippen LogP contribution is 2.26. The van der Waals surface area contributed by atoms with Gasteiger partial charge < -0.3 is 4.74 Å².